The summed E-state index contributed by atoms with van der Waals surface area (Å²) < 4.78 is 41.0. The lowest BCUT2D eigenvalue weighted by atomic mass is 9.96. The number of aliphatic hydroxyl groups is 4. The maximum Gasteiger partial charge on any atom is 0.189 e. The molecule has 4 heterocycles. The van der Waals surface area contributed by atoms with Crippen LogP contribution in [0.15, 0.2) is 61.7 Å². The molecule has 4 aliphatic rings. The minimum Gasteiger partial charge on any atom is -0.387 e. The molecule has 0 aromatic heterocycles. The molecule has 0 amide bonds. The third-order valence-electron chi connectivity index (χ3n) is 7.82. The topological polar surface area (TPSA) is 146 Å². The highest BCUT2D eigenvalue weighted by Gasteiger charge is 2.54. The molecule has 2 aromatic carbocycles. The average molecular weight is 571 g/mol. The smallest absolute Gasteiger partial charge is 0.189 e. The van der Waals surface area contributed by atoms with Crippen molar-refractivity contribution in [2.75, 3.05) is 13.2 Å². The van der Waals surface area contributed by atoms with Crippen molar-refractivity contribution in [1.82, 2.24) is 0 Å². The molecule has 4 saturated heterocycles. The summed E-state index contributed by atoms with van der Waals surface area (Å²) in [4.78, 5) is 0. The van der Waals surface area contributed by atoms with Crippen LogP contribution >= 0.6 is 0 Å². The first kappa shape index (κ1) is 28.6. The van der Waals surface area contributed by atoms with Gasteiger partial charge in [-0.05, 0) is 11.1 Å². The monoisotopic (exact) mass is 570 g/mol. The standard InChI is InChI=1S/C30H34O11/c1-3-15-5-9-17(10-6-15)27-35-13-19-25(39-27)21(31)23(33)29(37-19)41-30-24(34)22(32)26-20(38-30)14-36-28(40-26)18-11-7-16(4-2)8-12-18/h3-12,19-34H,1-2,13-14H2/t19-,20-,21-,22?,23-,24?,25-,26-,27?,28?,29-,30-/m1/s1. The van der Waals surface area contributed by atoms with Gasteiger partial charge in [0.1, 0.15) is 48.8 Å². The van der Waals surface area contributed by atoms with Crippen molar-refractivity contribution in [2.24, 2.45) is 0 Å². The van der Waals surface area contributed by atoms with Crippen LogP contribution in [0.3, 0.4) is 0 Å². The van der Waals surface area contributed by atoms with Crippen LogP contribution in [0.1, 0.15) is 34.8 Å². The summed E-state index contributed by atoms with van der Waals surface area (Å²) in [5.74, 6) is 0. The summed E-state index contributed by atoms with van der Waals surface area (Å²) in [6.07, 6.45) is -10.0. The van der Waals surface area contributed by atoms with E-state index in [2.05, 4.69) is 13.2 Å². The number of hydrogen-bond acceptors (Lipinski definition) is 11. The van der Waals surface area contributed by atoms with Gasteiger partial charge in [0.25, 0.3) is 0 Å². The lowest BCUT2D eigenvalue weighted by Crippen LogP contribution is -2.66. The predicted octanol–water partition coefficient (Wildman–Crippen LogP) is 1.41. The van der Waals surface area contributed by atoms with Crippen molar-refractivity contribution in [2.45, 2.75) is 74.0 Å². The fraction of sp³-hybridized carbons (Fsp3) is 0.467. The number of benzene rings is 2. The SMILES string of the molecule is C=Cc1ccc(C2OC[C@H]3O[C@H](O[C@H]4O[C@@H]5COC(c6ccc(C=C)cc6)O[C@H]5C(O)C4O)[C@H](O)[C@@H](O)[C@@H]3O2)cc1. The van der Waals surface area contributed by atoms with E-state index >= 15 is 0 Å². The van der Waals surface area contributed by atoms with Gasteiger partial charge >= 0.3 is 0 Å². The van der Waals surface area contributed by atoms with Crippen LogP contribution in [-0.4, -0.2) is 95.1 Å². The highest BCUT2D eigenvalue weighted by molar-refractivity contribution is 5.48. The molecule has 11 nitrogen and oxygen atoms in total. The molecule has 0 aliphatic carbocycles. The second-order valence-electron chi connectivity index (χ2n) is 10.5. The lowest BCUT2D eigenvalue weighted by Gasteiger charge is -2.49. The molecule has 41 heavy (non-hydrogen) atoms. The molecule has 2 aromatic rings. The molecule has 4 N–H and O–H groups in total. The van der Waals surface area contributed by atoms with Crippen molar-refractivity contribution in [3.8, 4) is 0 Å². The molecular formula is C30H34O11. The molecule has 0 saturated carbocycles. The van der Waals surface area contributed by atoms with E-state index in [1.54, 1.807) is 12.2 Å². The number of hydrogen-bond donors (Lipinski definition) is 4. The van der Waals surface area contributed by atoms with Crippen molar-refractivity contribution in [3.05, 3.63) is 83.9 Å². The normalized spacial score (nSPS) is 40.7. The van der Waals surface area contributed by atoms with Gasteiger partial charge in [0, 0.05) is 11.1 Å². The van der Waals surface area contributed by atoms with Gasteiger partial charge in [0.15, 0.2) is 25.2 Å². The van der Waals surface area contributed by atoms with Crippen LogP contribution in [0.4, 0.5) is 0 Å². The maximum atomic E-state index is 10.9. The first-order valence-corrected chi connectivity index (χ1v) is 13.5. The lowest BCUT2D eigenvalue weighted by molar-refractivity contribution is -0.412. The second kappa shape index (κ2) is 12.0. The van der Waals surface area contributed by atoms with Gasteiger partial charge in [0.2, 0.25) is 0 Å². The molecule has 220 valence electrons. The minimum atomic E-state index is -1.54. The molecule has 11 heteroatoms. The van der Waals surface area contributed by atoms with Crippen LogP contribution in [-0.2, 0) is 33.2 Å². The number of ether oxygens (including phenoxy) is 7. The van der Waals surface area contributed by atoms with Gasteiger partial charge in [-0.1, -0.05) is 73.8 Å². The van der Waals surface area contributed by atoms with Gasteiger partial charge in [0.05, 0.1) is 13.2 Å². The Balaban J connectivity index is 1.07. The Hall–Kier alpha value is -2.52. The molecular weight excluding hydrogens is 536 g/mol. The van der Waals surface area contributed by atoms with Crippen molar-refractivity contribution >= 4 is 12.2 Å². The molecule has 0 spiro atoms. The average Bonchev–Trinajstić information content (AvgIpc) is 3.02. The Morgan fingerprint density at radius 2 is 0.976 bits per heavy atom. The van der Waals surface area contributed by atoms with Crippen LogP contribution in [0.2, 0.25) is 0 Å². The molecule has 12 atom stereocenters. The van der Waals surface area contributed by atoms with Crippen molar-refractivity contribution < 1.29 is 53.6 Å². The van der Waals surface area contributed by atoms with E-state index in [0.29, 0.717) is 0 Å². The summed E-state index contributed by atoms with van der Waals surface area (Å²) in [6.45, 7) is 7.59. The van der Waals surface area contributed by atoms with Gasteiger partial charge in [-0.3, -0.25) is 0 Å². The first-order chi connectivity index (χ1) is 19.9. The van der Waals surface area contributed by atoms with E-state index < -0.39 is 74.0 Å². The Bertz CT molecular complexity index is 1110. The second-order valence-corrected chi connectivity index (χ2v) is 10.5. The zero-order valence-corrected chi connectivity index (χ0v) is 22.2. The van der Waals surface area contributed by atoms with Crippen molar-refractivity contribution in [3.63, 3.8) is 0 Å². The highest BCUT2D eigenvalue weighted by Crippen LogP contribution is 2.38. The Kier molecular flexibility index (Phi) is 8.37. The van der Waals surface area contributed by atoms with E-state index in [1.165, 1.54) is 0 Å². The van der Waals surface area contributed by atoms with Gasteiger partial charge in [-0.25, -0.2) is 0 Å². The molecule has 4 fully saturated rings. The molecule has 4 unspecified atom stereocenters. The van der Waals surface area contributed by atoms with E-state index in [-0.39, 0.29) is 13.2 Å². The zero-order valence-electron chi connectivity index (χ0n) is 22.2. The zero-order chi connectivity index (χ0) is 28.7. The van der Waals surface area contributed by atoms with Crippen LogP contribution in [0.5, 0.6) is 0 Å². The van der Waals surface area contributed by atoms with Crippen LogP contribution in [0.25, 0.3) is 12.2 Å². The van der Waals surface area contributed by atoms with E-state index in [0.717, 1.165) is 22.3 Å². The number of aliphatic hydroxyl groups excluding tert-OH is 4. The Morgan fingerprint density at radius 1 is 0.585 bits per heavy atom. The summed E-state index contributed by atoms with van der Waals surface area (Å²) in [6, 6.07) is 14.8. The van der Waals surface area contributed by atoms with E-state index in [9.17, 15) is 20.4 Å². The van der Waals surface area contributed by atoms with E-state index in [1.807, 2.05) is 48.5 Å². The Labute approximate surface area is 237 Å². The predicted molar refractivity (Wildman–Crippen MR) is 143 cm³/mol. The third-order valence-corrected chi connectivity index (χ3v) is 7.82. The Morgan fingerprint density at radius 3 is 1.34 bits per heavy atom. The molecule has 4 aliphatic heterocycles. The quantitative estimate of drug-likeness (QED) is 0.400. The van der Waals surface area contributed by atoms with Crippen LogP contribution in [0, 0.1) is 0 Å². The van der Waals surface area contributed by atoms with Gasteiger partial charge in [-0.15, -0.1) is 0 Å². The summed E-state index contributed by atoms with van der Waals surface area (Å²) in [5, 5.41) is 43.4. The first-order valence-electron chi connectivity index (χ1n) is 13.5. The largest absolute Gasteiger partial charge is 0.387 e. The number of rotatable bonds is 6. The van der Waals surface area contributed by atoms with Crippen molar-refractivity contribution in [1.29, 1.82) is 0 Å². The summed E-state index contributed by atoms with van der Waals surface area (Å²) in [5.41, 5.74) is 3.35. The fourth-order valence-corrected chi connectivity index (χ4v) is 5.43. The number of fused-ring (bicyclic) bond motifs is 2. The molecule has 0 radical (unpaired) electrons. The van der Waals surface area contributed by atoms with Gasteiger partial charge in [-0.2, -0.15) is 0 Å². The van der Waals surface area contributed by atoms with Crippen LogP contribution < -0.4 is 0 Å². The third kappa shape index (κ3) is 5.64. The maximum absolute atomic E-state index is 10.9. The summed E-state index contributed by atoms with van der Waals surface area (Å²) >= 11 is 0. The highest BCUT2D eigenvalue weighted by atomic mass is 16.8. The van der Waals surface area contributed by atoms with Gasteiger partial charge < -0.3 is 53.6 Å². The minimum absolute atomic E-state index is 0.0560. The molecule has 6 rings (SSSR count). The van der Waals surface area contributed by atoms with E-state index in [4.69, 9.17) is 33.2 Å². The summed E-state index contributed by atoms with van der Waals surface area (Å²) in [7, 11) is 0. The fourth-order valence-electron chi connectivity index (χ4n) is 5.43. The molecule has 0 bridgehead atoms.